The molecule has 200 valence electrons. The topological polar surface area (TPSA) is 114 Å². The van der Waals surface area contributed by atoms with E-state index in [2.05, 4.69) is 31.1 Å². The summed E-state index contributed by atoms with van der Waals surface area (Å²) in [6.07, 6.45) is 0. The predicted octanol–water partition coefficient (Wildman–Crippen LogP) is 7.24. The van der Waals surface area contributed by atoms with Crippen LogP contribution in [0.3, 0.4) is 0 Å². The third-order valence-corrected chi connectivity index (χ3v) is 7.01. The van der Waals surface area contributed by atoms with Crippen LogP contribution in [0.5, 0.6) is 0 Å². The normalized spacial score (nSPS) is 11.9. The summed E-state index contributed by atoms with van der Waals surface area (Å²) in [5.41, 5.74) is 2.40. The summed E-state index contributed by atoms with van der Waals surface area (Å²) in [4.78, 5) is 25.3. The van der Waals surface area contributed by atoms with Gasteiger partial charge < -0.3 is 15.2 Å². The molecule has 0 unspecified atom stereocenters. The SMILES string of the molecule is CCn1c(SCC(=O)Nc2ccc(N=Nc3ccccc3)cc2)nnc1[C@@H](C)NC(=O)c1ccc(Cl)cc1Cl. The first kappa shape index (κ1) is 28.3. The fraction of sp³-hybridized carbons (Fsp3) is 0.185. The van der Waals surface area contributed by atoms with Crippen LogP contribution in [-0.4, -0.2) is 32.3 Å². The first-order valence-electron chi connectivity index (χ1n) is 12.0. The number of halogens is 2. The van der Waals surface area contributed by atoms with Crippen LogP contribution >= 0.6 is 35.0 Å². The molecule has 9 nitrogen and oxygen atoms in total. The Balaban J connectivity index is 1.32. The Kier molecular flexibility index (Phi) is 9.69. The number of hydrogen-bond acceptors (Lipinski definition) is 7. The summed E-state index contributed by atoms with van der Waals surface area (Å²) in [7, 11) is 0. The third kappa shape index (κ3) is 7.66. The zero-order valence-electron chi connectivity index (χ0n) is 21.1. The largest absolute Gasteiger partial charge is 0.342 e. The van der Waals surface area contributed by atoms with Gasteiger partial charge in [0.05, 0.1) is 33.8 Å². The molecule has 4 rings (SSSR count). The lowest BCUT2D eigenvalue weighted by Gasteiger charge is -2.15. The molecule has 0 radical (unpaired) electrons. The van der Waals surface area contributed by atoms with Gasteiger partial charge in [0.25, 0.3) is 5.91 Å². The molecule has 0 saturated heterocycles. The zero-order valence-corrected chi connectivity index (χ0v) is 23.5. The minimum absolute atomic E-state index is 0.134. The predicted molar refractivity (Wildman–Crippen MR) is 154 cm³/mol. The molecule has 2 N–H and O–H groups in total. The van der Waals surface area contributed by atoms with E-state index >= 15 is 0 Å². The van der Waals surface area contributed by atoms with E-state index in [4.69, 9.17) is 23.2 Å². The molecule has 0 saturated carbocycles. The first-order chi connectivity index (χ1) is 18.8. The molecule has 0 aliphatic rings. The fourth-order valence-corrected chi connectivity index (χ4v) is 4.89. The monoisotopic (exact) mass is 581 g/mol. The highest BCUT2D eigenvalue weighted by atomic mass is 35.5. The molecule has 0 aliphatic carbocycles. The smallest absolute Gasteiger partial charge is 0.253 e. The molecule has 1 aromatic heterocycles. The van der Waals surface area contributed by atoms with Gasteiger partial charge in [-0.25, -0.2) is 0 Å². The molecule has 12 heteroatoms. The number of nitrogens with one attached hydrogen (secondary N) is 2. The van der Waals surface area contributed by atoms with Gasteiger partial charge in [-0.3, -0.25) is 9.59 Å². The minimum atomic E-state index is -0.447. The highest BCUT2D eigenvalue weighted by Crippen LogP contribution is 2.24. The van der Waals surface area contributed by atoms with Gasteiger partial charge in [-0.1, -0.05) is 53.2 Å². The van der Waals surface area contributed by atoms with Gasteiger partial charge in [0.1, 0.15) is 0 Å². The number of aromatic nitrogens is 3. The molecular formula is C27H25Cl2N7O2S. The average molecular weight is 583 g/mol. The van der Waals surface area contributed by atoms with Crippen molar-refractivity contribution in [1.29, 1.82) is 0 Å². The zero-order chi connectivity index (χ0) is 27.8. The van der Waals surface area contributed by atoms with Crippen LogP contribution in [0.25, 0.3) is 0 Å². The molecule has 2 amide bonds. The molecule has 0 spiro atoms. The summed E-state index contributed by atoms with van der Waals surface area (Å²) < 4.78 is 1.86. The van der Waals surface area contributed by atoms with Crippen LogP contribution in [0.4, 0.5) is 17.1 Å². The maximum Gasteiger partial charge on any atom is 0.253 e. The van der Waals surface area contributed by atoms with Crippen molar-refractivity contribution >= 4 is 63.8 Å². The molecule has 3 aromatic carbocycles. The van der Waals surface area contributed by atoms with Crippen molar-refractivity contribution in [3.8, 4) is 0 Å². The number of carbonyl (C=O) groups excluding carboxylic acids is 2. The van der Waals surface area contributed by atoms with Crippen molar-refractivity contribution in [1.82, 2.24) is 20.1 Å². The molecule has 39 heavy (non-hydrogen) atoms. The summed E-state index contributed by atoms with van der Waals surface area (Å²) in [5, 5.41) is 23.9. The van der Waals surface area contributed by atoms with Crippen LogP contribution < -0.4 is 10.6 Å². The molecule has 4 aromatic rings. The van der Waals surface area contributed by atoms with Gasteiger partial charge in [-0.2, -0.15) is 10.2 Å². The van der Waals surface area contributed by atoms with E-state index in [1.54, 1.807) is 36.4 Å². The molecule has 1 heterocycles. The Morgan fingerprint density at radius 3 is 2.33 bits per heavy atom. The Morgan fingerprint density at radius 1 is 0.974 bits per heavy atom. The van der Waals surface area contributed by atoms with Crippen molar-refractivity contribution in [3.05, 3.63) is 94.2 Å². The van der Waals surface area contributed by atoms with E-state index in [1.165, 1.54) is 17.8 Å². The minimum Gasteiger partial charge on any atom is -0.342 e. The van der Waals surface area contributed by atoms with Crippen molar-refractivity contribution in [2.45, 2.75) is 31.6 Å². The van der Waals surface area contributed by atoms with Crippen molar-refractivity contribution in [2.24, 2.45) is 10.2 Å². The summed E-state index contributed by atoms with van der Waals surface area (Å²) in [6.45, 7) is 4.31. The second kappa shape index (κ2) is 13.4. The summed E-state index contributed by atoms with van der Waals surface area (Å²) in [5.74, 6) is 0.161. The van der Waals surface area contributed by atoms with Crippen molar-refractivity contribution in [3.63, 3.8) is 0 Å². The van der Waals surface area contributed by atoms with E-state index < -0.39 is 6.04 Å². The van der Waals surface area contributed by atoms with E-state index in [-0.39, 0.29) is 22.6 Å². The molecular weight excluding hydrogens is 557 g/mol. The number of benzene rings is 3. The molecule has 0 bridgehead atoms. The molecule has 0 aliphatic heterocycles. The second-order valence-corrected chi connectivity index (χ2v) is 10.1. The van der Waals surface area contributed by atoms with Gasteiger partial charge in [-0.15, -0.1) is 10.2 Å². The lowest BCUT2D eigenvalue weighted by Crippen LogP contribution is -2.29. The lowest BCUT2D eigenvalue weighted by molar-refractivity contribution is -0.113. The van der Waals surface area contributed by atoms with Crippen LogP contribution in [0, 0.1) is 0 Å². The number of amides is 2. The quantitative estimate of drug-likeness (QED) is 0.151. The maximum atomic E-state index is 12.7. The van der Waals surface area contributed by atoms with Crippen LogP contribution in [-0.2, 0) is 11.3 Å². The standard InChI is InChI=1S/C27H25Cl2N7O2S/c1-3-36-25(17(2)30-26(38)22-14-9-18(28)15-23(22)29)34-35-27(36)39-16-24(37)31-19-10-12-21(13-11-19)33-32-20-7-5-4-6-8-20/h4-15,17H,3,16H2,1-2H3,(H,30,38)(H,31,37)/t17-/m1/s1. The van der Waals surface area contributed by atoms with Gasteiger partial charge in [0.2, 0.25) is 5.91 Å². The van der Waals surface area contributed by atoms with E-state index in [0.717, 1.165) is 5.69 Å². The number of hydrogen-bond donors (Lipinski definition) is 2. The number of rotatable bonds is 10. The Hall–Kier alpha value is -3.73. The van der Waals surface area contributed by atoms with E-state index in [1.807, 2.05) is 48.7 Å². The van der Waals surface area contributed by atoms with Crippen molar-refractivity contribution in [2.75, 3.05) is 11.1 Å². The Bertz CT molecular complexity index is 1480. The second-order valence-electron chi connectivity index (χ2n) is 8.32. The fourth-order valence-electron chi connectivity index (χ4n) is 3.59. The Labute approximate surface area is 240 Å². The number of azo groups is 1. The van der Waals surface area contributed by atoms with E-state index in [0.29, 0.717) is 39.5 Å². The maximum absolute atomic E-state index is 12.7. The third-order valence-electron chi connectivity index (χ3n) is 5.49. The number of carbonyl (C=O) groups is 2. The number of anilines is 1. The number of thioether (sulfide) groups is 1. The van der Waals surface area contributed by atoms with Gasteiger partial charge in [0, 0.05) is 17.3 Å². The van der Waals surface area contributed by atoms with Crippen LogP contribution in [0.1, 0.15) is 36.1 Å². The first-order valence-corrected chi connectivity index (χ1v) is 13.8. The van der Waals surface area contributed by atoms with Crippen molar-refractivity contribution < 1.29 is 9.59 Å². The van der Waals surface area contributed by atoms with Gasteiger partial charge >= 0.3 is 0 Å². The Morgan fingerprint density at radius 2 is 1.67 bits per heavy atom. The lowest BCUT2D eigenvalue weighted by atomic mass is 10.2. The number of nitrogens with zero attached hydrogens (tertiary/aromatic N) is 5. The van der Waals surface area contributed by atoms with Crippen LogP contribution in [0.2, 0.25) is 10.0 Å². The summed E-state index contributed by atoms with van der Waals surface area (Å²) in [6, 6.07) is 20.8. The molecule has 1 atom stereocenters. The highest BCUT2D eigenvalue weighted by Gasteiger charge is 2.21. The molecule has 0 fully saturated rings. The van der Waals surface area contributed by atoms with Gasteiger partial charge in [-0.05, 0) is 68.4 Å². The van der Waals surface area contributed by atoms with Gasteiger partial charge in [0.15, 0.2) is 11.0 Å². The average Bonchev–Trinajstić information content (AvgIpc) is 3.35. The highest BCUT2D eigenvalue weighted by molar-refractivity contribution is 7.99. The van der Waals surface area contributed by atoms with E-state index in [9.17, 15) is 9.59 Å². The summed E-state index contributed by atoms with van der Waals surface area (Å²) >= 11 is 13.3. The van der Waals surface area contributed by atoms with Crippen LogP contribution in [0.15, 0.2) is 88.2 Å².